The predicted molar refractivity (Wildman–Crippen MR) is 348 cm³/mol. The van der Waals surface area contributed by atoms with Crippen LogP contribution in [0.4, 0.5) is 9.59 Å². The van der Waals surface area contributed by atoms with Gasteiger partial charge in [0.2, 0.25) is 0 Å². The fourth-order valence-electron chi connectivity index (χ4n) is 14.5. The van der Waals surface area contributed by atoms with Crippen LogP contribution in [0.1, 0.15) is 273 Å². The number of rotatable bonds is 42. The van der Waals surface area contributed by atoms with Crippen LogP contribution in [0.2, 0.25) is 0 Å². The molecule has 0 aliphatic carbocycles. The van der Waals surface area contributed by atoms with Crippen LogP contribution >= 0.6 is 0 Å². The molecule has 0 radical (unpaired) electrons. The third-order valence-electron chi connectivity index (χ3n) is 19.3. The van der Waals surface area contributed by atoms with E-state index < -0.39 is 23.3 Å². The van der Waals surface area contributed by atoms with Gasteiger partial charge in [-0.2, -0.15) is 0 Å². The Kier molecular flexibility index (Phi) is 26.5. The average molecular weight is 1210 g/mol. The van der Waals surface area contributed by atoms with E-state index in [1.165, 1.54) is 167 Å². The maximum Gasteiger partial charge on any atom is 0.338 e. The summed E-state index contributed by atoms with van der Waals surface area (Å²) in [7, 11) is 6.39. The number of ether oxygens (including phenoxy) is 6. The molecule has 4 heterocycles. The Morgan fingerprint density at radius 2 is 0.545 bits per heavy atom. The Morgan fingerprint density at radius 1 is 0.330 bits per heavy atom. The van der Waals surface area contributed by atoms with Crippen molar-refractivity contribution in [2.75, 3.05) is 41.7 Å². The van der Waals surface area contributed by atoms with Crippen LogP contribution in [-0.2, 0) is 47.0 Å². The van der Waals surface area contributed by atoms with Gasteiger partial charge in [-0.05, 0) is 61.4 Å². The van der Waals surface area contributed by atoms with E-state index in [1.807, 2.05) is 48.5 Å². The van der Waals surface area contributed by atoms with Gasteiger partial charge in [-0.15, -0.1) is 0 Å². The van der Waals surface area contributed by atoms with Gasteiger partial charge in [-0.25, -0.2) is 19.2 Å². The zero-order chi connectivity index (χ0) is 62.1. The van der Waals surface area contributed by atoms with Crippen LogP contribution < -0.4 is 18.9 Å². The SMILES string of the molecule is CCCCCCCCCCCCCCCCCCOC(=O)c1ccc(C23N4Cc5c(OC)ccc(OC)c5CN2C(=O)N2Cc5c(OC)ccc(OC)c5CN(C4=O)C23c2ccc(C(=O)OCCCCCCCCCCCCCCCCCC)cc2)cc1. The first-order chi connectivity index (χ1) is 43.1. The van der Waals surface area contributed by atoms with Crippen LogP contribution in [0.25, 0.3) is 0 Å². The third kappa shape index (κ3) is 15.4. The van der Waals surface area contributed by atoms with E-state index >= 15 is 9.59 Å². The highest BCUT2D eigenvalue weighted by Crippen LogP contribution is 2.66. The summed E-state index contributed by atoms with van der Waals surface area (Å²) in [6.45, 7) is 5.29. The summed E-state index contributed by atoms with van der Waals surface area (Å²) in [5.41, 5.74) is 1.46. The van der Waals surface area contributed by atoms with Crippen LogP contribution in [0, 0.1) is 0 Å². The molecule has 482 valence electrons. The van der Waals surface area contributed by atoms with Crippen molar-refractivity contribution < 1.29 is 47.6 Å². The lowest BCUT2D eigenvalue weighted by Crippen LogP contribution is -2.62. The number of hydrogen-bond donors (Lipinski definition) is 0. The average Bonchev–Trinajstić information content (AvgIpc) is 1.47. The Labute approximate surface area is 527 Å². The minimum absolute atomic E-state index is 0.0272. The molecule has 14 nitrogen and oxygen atoms in total. The van der Waals surface area contributed by atoms with E-state index in [0.717, 1.165) is 38.5 Å². The van der Waals surface area contributed by atoms with Gasteiger partial charge in [0.05, 0.1) is 79.0 Å². The number of urea groups is 2. The first-order valence-corrected chi connectivity index (χ1v) is 34.3. The number of carbonyl (C=O) groups is 4. The van der Waals surface area contributed by atoms with Crippen molar-refractivity contribution >= 4 is 24.0 Å². The number of nitrogens with zero attached hydrogens (tertiary/aromatic N) is 4. The molecule has 4 amide bonds. The van der Waals surface area contributed by atoms with E-state index in [-0.39, 0.29) is 38.2 Å². The molecular formula is C74H106N4O10. The first-order valence-electron chi connectivity index (χ1n) is 34.3. The molecule has 0 N–H and O–H groups in total. The van der Waals surface area contributed by atoms with Gasteiger partial charge < -0.3 is 28.4 Å². The van der Waals surface area contributed by atoms with E-state index in [0.29, 0.717) is 80.7 Å². The van der Waals surface area contributed by atoms with Gasteiger partial charge in [0.25, 0.3) is 0 Å². The molecule has 8 rings (SSSR count). The van der Waals surface area contributed by atoms with Crippen molar-refractivity contribution in [3.05, 3.63) is 117 Å². The second kappa shape index (κ2) is 34.5. The number of methoxy groups -OCH3 is 4. The molecule has 0 atom stereocenters. The summed E-state index contributed by atoms with van der Waals surface area (Å²) >= 11 is 0. The van der Waals surface area contributed by atoms with Crippen LogP contribution in [0.15, 0.2) is 72.8 Å². The summed E-state index contributed by atoms with van der Waals surface area (Å²) in [6.07, 6.45) is 40.4. The molecule has 0 unspecified atom stereocenters. The Hall–Kier alpha value is -6.44. The van der Waals surface area contributed by atoms with Crippen molar-refractivity contribution in [3.8, 4) is 23.0 Å². The molecule has 4 aromatic rings. The largest absolute Gasteiger partial charge is 0.496 e. The van der Waals surface area contributed by atoms with E-state index in [4.69, 9.17) is 28.4 Å². The molecule has 2 fully saturated rings. The molecule has 4 aromatic carbocycles. The standard InChI is InChI=1S/C74H106N4O10/c1-7-9-11-13-15-17-19-21-23-25-27-29-31-33-35-37-51-87-69(79)57-39-43-59(44-40-57)73-74(60-45-41-58(42-46-60)70(80)88-52-38-36-34-32-30-28-26-24-22-20-18-16-14-12-10-8-2)77-55-63-64(68(86-6)50-49-67(63)85-5)56-78(74)72(82)76(73)54-62-61(53-75(73)71(77)81)65(83-3)47-48-66(62)84-4/h39-50H,7-38,51-56H2,1-6H3. The number of hydrogen-bond acceptors (Lipinski definition) is 10. The summed E-state index contributed by atoms with van der Waals surface area (Å²) in [5, 5.41) is 0. The van der Waals surface area contributed by atoms with E-state index in [9.17, 15) is 9.59 Å². The summed E-state index contributed by atoms with van der Waals surface area (Å²) in [4.78, 5) is 67.4. The number of fused-ring (bicyclic) bond motifs is 2. The summed E-state index contributed by atoms with van der Waals surface area (Å²) in [6, 6.07) is 21.0. The lowest BCUT2D eigenvalue weighted by Gasteiger charge is -2.49. The highest BCUT2D eigenvalue weighted by Gasteiger charge is 2.81. The van der Waals surface area contributed by atoms with Crippen LogP contribution in [-0.4, -0.2) is 85.3 Å². The highest BCUT2D eigenvalue weighted by atomic mass is 16.5. The number of esters is 2. The van der Waals surface area contributed by atoms with Crippen molar-refractivity contribution in [2.45, 2.75) is 257 Å². The molecule has 0 spiro atoms. The Balaban J connectivity index is 0.994. The van der Waals surface area contributed by atoms with Gasteiger partial charge in [-0.1, -0.05) is 231 Å². The Bertz CT molecular complexity index is 2560. The van der Waals surface area contributed by atoms with Gasteiger partial charge in [0.15, 0.2) is 11.3 Å². The second-order valence-corrected chi connectivity index (χ2v) is 25.1. The van der Waals surface area contributed by atoms with Crippen LogP contribution in [0.5, 0.6) is 23.0 Å². The fourth-order valence-corrected chi connectivity index (χ4v) is 14.5. The molecule has 14 heteroatoms. The molecule has 0 bridgehead atoms. The minimum Gasteiger partial charge on any atom is -0.496 e. The van der Waals surface area contributed by atoms with E-state index in [2.05, 4.69) is 13.8 Å². The minimum atomic E-state index is -1.62. The molecular weight excluding hydrogens is 1100 g/mol. The summed E-state index contributed by atoms with van der Waals surface area (Å²) < 4.78 is 35.9. The van der Waals surface area contributed by atoms with Crippen molar-refractivity contribution in [3.63, 3.8) is 0 Å². The molecule has 2 saturated heterocycles. The van der Waals surface area contributed by atoms with E-state index in [1.54, 1.807) is 72.3 Å². The second-order valence-electron chi connectivity index (χ2n) is 25.1. The number of benzene rings is 4. The maximum absolute atomic E-state index is 16.3. The molecule has 0 aromatic heterocycles. The van der Waals surface area contributed by atoms with Gasteiger partial charge in [-0.3, -0.25) is 19.6 Å². The zero-order valence-electron chi connectivity index (χ0n) is 54.7. The number of unbranched alkanes of at least 4 members (excludes halogenated alkanes) is 30. The van der Waals surface area contributed by atoms with Crippen molar-refractivity contribution in [2.24, 2.45) is 0 Å². The van der Waals surface area contributed by atoms with Crippen molar-refractivity contribution in [1.82, 2.24) is 19.6 Å². The van der Waals surface area contributed by atoms with Crippen LogP contribution in [0.3, 0.4) is 0 Å². The Morgan fingerprint density at radius 3 is 0.761 bits per heavy atom. The zero-order valence-corrected chi connectivity index (χ0v) is 54.7. The number of amides is 4. The quantitative estimate of drug-likeness (QED) is 0.0311. The summed E-state index contributed by atoms with van der Waals surface area (Å²) in [5.74, 6) is 1.30. The predicted octanol–water partition coefficient (Wildman–Crippen LogP) is 18.5. The fraction of sp³-hybridized carbons (Fsp3) is 0.622. The normalized spacial score (nSPS) is 17.3. The molecule has 4 aliphatic heterocycles. The smallest absolute Gasteiger partial charge is 0.338 e. The molecule has 88 heavy (non-hydrogen) atoms. The topological polar surface area (TPSA) is 137 Å². The van der Waals surface area contributed by atoms with Gasteiger partial charge in [0, 0.05) is 33.4 Å². The van der Waals surface area contributed by atoms with Gasteiger partial charge in [0.1, 0.15) is 23.0 Å². The highest BCUT2D eigenvalue weighted by molar-refractivity contribution is 5.93. The molecule has 0 saturated carbocycles. The number of carbonyl (C=O) groups excluding carboxylic acids is 4. The lowest BCUT2D eigenvalue weighted by atomic mass is 9.79. The first kappa shape index (κ1) is 67.5. The maximum atomic E-state index is 16.3. The monoisotopic (exact) mass is 1210 g/mol. The van der Waals surface area contributed by atoms with Gasteiger partial charge >= 0.3 is 24.0 Å². The lowest BCUT2D eigenvalue weighted by molar-refractivity contribution is -0.0795. The molecule has 4 aliphatic rings. The third-order valence-corrected chi connectivity index (χ3v) is 19.3. The van der Waals surface area contributed by atoms with Crippen molar-refractivity contribution in [1.29, 1.82) is 0 Å².